The molecule has 4 heteroatoms. The summed E-state index contributed by atoms with van der Waals surface area (Å²) < 4.78 is 6.73. The first-order valence-electron chi connectivity index (χ1n) is 6.55. The first-order chi connectivity index (χ1) is 8.86. The van der Waals surface area contributed by atoms with Crippen LogP contribution in [0.2, 0.25) is 0 Å². The molecule has 0 saturated heterocycles. The van der Waals surface area contributed by atoms with Crippen LogP contribution in [0, 0.1) is 20.8 Å². The predicted molar refractivity (Wildman–Crippen MR) is 81.7 cm³/mol. The van der Waals surface area contributed by atoms with Crippen LogP contribution in [0.1, 0.15) is 37.0 Å². The van der Waals surface area contributed by atoms with Crippen LogP contribution in [0.25, 0.3) is 0 Å². The molecule has 1 atom stereocenters. The van der Waals surface area contributed by atoms with Crippen LogP contribution in [0.15, 0.2) is 10.5 Å². The number of halogens is 1. The van der Waals surface area contributed by atoms with Gasteiger partial charge in [0, 0.05) is 10.5 Å². The van der Waals surface area contributed by atoms with Crippen LogP contribution in [0.3, 0.4) is 0 Å². The number of ether oxygens (including phenoxy) is 1. The molecular formula is C15H22BrNO2. The average Bonchev–Trinajstić information content (AvgIpc) is 2.38. The summed E-state index contributed by atoms with van der Waals surface area (Å²) in [4.78, 5) is 11.7. The summed E-state index contributed by atoms with van der Waals surface area (Å²) in [5.41, 5.74) is 3.33. The highest BCUT2D eigenvalue weighted by molar-refractivity contribution is 9.10. The standard InChI is InChI=1S/C15H22BrNO2/c1-6-10(3)17-14(18)8-19-13-7-9(2)15(16)12(5)11(13)4/h7,10H,6,8H2,1-5H3,(H,17,18). The number of nitrogens with one attached hydrogen (secondary N) is 1. The highest BCUT2D eigenvalue weighted by Crippen LogP contribution is 2.31. The van der Waals surface area contributed by atoms with E-state index in [1.807, 2.05) is 40.7 Å². The molecule has 3 nitrogen and oxygen atoms in total. The molecule has 0 aromatic heterocycles. The molecule has 1 N–H and O–H groups in total. The van der Waals surface area contributed by atoms with Gasteiger partial charge in [0.1, 0.15) is 5.75 Å². The van der Waals surface area contributed by atoms with Crippen LogP contribution in [0.4, 0.5) is 0 Å². The highest BCUT2D eigenvalue weighted by atomic mass is 79.9. The number of carbonyl (C=O) groups is 1. The smallest absolute Gasteiger partial charge is 0.258 e. The van der Waals surface area contributed by atoms with E-state index < -0.39 is 0 Å². The third-order valence-corrected chi connectivity index (χ3v) is 4.55. The molecule has 0 radical (unpaired) electrons. The first-order valence-corrected chi connectivity index (χ1v) is 7.34. The van der Waals surface area contributed by atoms with Gasteiger partial charge in [-0.1, -0.05) is 22.9 Å². The summed E-state index contributed by atoms with van der Waals surface area (Å²) in [6.07, 6.45) is 0.918. The van der Waals surface area contributed by atoms with Crippen molar-refractivity contribution >= 4 is 21.8 Å². The zero-order valence-corrected chi connectivity index (χ0v) is 13.8. The van der Waals surface area contributed by atoms with Gasteiger partial charge in [-0.05, 0) is 56.9 Å². The molecule has 0 spiro atoms. The van der Waals surface area contributed by atoms with E-state index in [1.165, 1.54) is 0 Å². The van der Waals surface area contributed by atoms with E-state index in [9.17, 15) is 4.79 Å². The van der Waals surface area contributed by atoms with Crippen LogP contribution < -0.4 is 10.1 Å². The van der Waals surface area contributed by atoms with E-state index >= 15 is 0 Å². The fourth-order valence-corrected chi connectivity index (χ4v) is 2.14. The number of aryl methyl sites for hydroxylation is 1. The molecule has 0 saturated carbocycles. The van der Waals surface area contributed by atoms with Crippen LogP contribution in [-0.4, -0.2) is 18.6 Å². The summed E-state index contributed by atoms with van der Waals surface area (Å²) in [6.45, 7) is 10.1. The molecular weight excluding hydrogens is 306 g/mol. The van der Waals surface area contributed by atoms with Gasteiger partial charge in [0.25, 0.3) is 5.91 Å². The second-order valence-electron chi connectivity index (χ2n) is 4.92. The van der Waals surface area contributed by atoms with Crippen molar-refractivity contribution in [3.63, 3.8) is 0 Å². The number of carbonyl (C=O) groups excluding carboxylic acids is 1. The van der Waals surface area contributed by atoms with Crippen molar-refractivity contribution in [3.8, 4) is 5.75 Å². The molecule has 0 bridgehead atoms. The zero-order valence-electron chi connectivity index (χ0n) is 12.3. The number of hydrogen-bond donors (Lipinski definition) is 1. The maximum absolute atomic E-state index is 11.7. The van der Waals surface area contributed by atoms with Gasteiger partial charge >= 0.3 is 0 Å². The van der Waals surface area contributed by atoms with E-state index in [0.717, 1.165) is 33.3 Å². The fourth-order valence-electron chi connectivity index (χ4n) is 1.73. The Hall–Kier alpha value is -1.03. The molecule has 1 aromatic rings. The van der Waals surface area contributed by atoms with Gasteiger partial charge in [0.2, 0.25) is 0 Å². The molecule has 0 fully saturated rings. The maximum Gasteiger partial charge on any atom is 0.258 e. The lowest BCUT2D eigenvalue weighted by Crippen LogP contribution is -2.35. The second-order valence-corrected chi connectivity index (χ2v) is 5.71. The monoisotopic (exact) mass is 327 g/mol. The van der Waals surface area contributed by atoms with E-state index in [2.05, 4.69) is 21.2 Å². The van der Waals surface area contributed by atoms with Crippen LogP contribution in [-0.2, 0) is 4.79 Å². The van der Waals surface area contributed by atoms with Crippen molar-refractivity contribution in [2.75, 3.05) is 6.61 Å². The number of benzene rings is 1. The van der Waals surface area contributed by atoms with Crippen molar-refractivity contribution < 1.29 is 9.53 Å². The van der Waals surface area contributed by atoms with Crippen LogP contribution >= 0.6 is 15.9 Å². The topological polar surface area (TPSA) is 38.3 Å². The molecule has 0 aliphatic rings. The quantitative estimate of drug-likeness (QED) is 0.896. The Morgan fingerprint density at radius 2 is 2.00 bits per heavy atom. The minimum atomic E-state index is -0.0769. The van der Waals surface area contributed by atoms with E-state index in [-0.39, 0.29) is 18.6 Å². The normalized spacial score (nSPS) is 12.1. The molecule has 19 heavy (non-hydrogen) atoms. The Kier molecular flexibility index (Phi) is 5.85. The third-order valence-electron chi connectivity index (χ3n) is 3.33. The van der Waals surface area contributed by atoms with Gasteiger partial charge in [-0.25, -0.2) is 0 Å². The van der Waals surface area contributed by atoms with Gasteiger partial charge in [-0.3, -0.25) is 4.79 Å². The Balaban J connectivity index is 2.71. The summed E-state index contributed by atoms with van der Waals surface area (Å²) in [7, 11) is 0. The third kappa shape index (κ3) is 4.23. The summed E-state index contributed by atoms with van der Waals surface area (Å²) in [5.74, 6) is 0.699. The maximum atomic E-state index is 11.7. The molecule has 0 aliphatic heterocycles. The molecule has 0 aliphatic carbocycles. The van der Waals surface area contributed by atoms with E-state index in [1.54, 1.807) is 0 Å². The molecule has 1 amide bonds. The lowest BCUT2D eigenvalue weighted by Gasteiger charge is -2.15. The molecule has 1 rings (SSSR count). The molecule has 106 valence electrons. The second kappa shape index (κ2) is 6.94. The fraction of sp³-hybridized carbons (Fsp3) is 0.533. The van der Waals surface area contributed by atoms with Gasteiger partial charge < -0.3 is 10.1 Å². The predicted octanol–water partition coefficient (Wildman–Crippen LogP) is 3.67. The highest BCUT2D eigenvalue weighted by Gasteiger charge is 2.11. The number of amides is 1. The van der Waals surface area contributed by atoms with E-state index in [0.29, 0.717) is 0 Å². The largest absolute Gasteiger partial charge is 0.483 e. The van der Waals surface area contributed by atoms with Crippen molar-refractivity contribution in [2.24, 2.45) is 0 Å². The Morgan fingerprint density at radius 3 is 2.58 bits per heavy atom. The summed E-state index contributed by atoms with van der Waals surface area (Å²) >= 11 is 3.55. The lowest BCUT2D eigenvalue weighted by atomic mass is 10.1. The average molecular weight is 328 g/mol. The minimum absolute atomic E-state index is 0.0612. The lowest BCUT2D eigenvalue weighted by molar-refractivity contribution is -0.123. The van der Waals surface area contributed by atoms with E-state index in [4.69, 9.17) is 4.74 Å². The van der Waals surface area contributed by atoms with Gasteiger partial charge in [0.05, 0.1) is 0 Å². The summed E-state index contributed by atoms with van der Waals surface area (Å²) in [5, 5.41) is 2.89. The zero-order chi connectivity index (χ0) is 14.6. The van der Waals surface area contributed by atoms with Gasteiger partial charge in [-0.15, -0.1) is 0 Å². The van der Waals surface area contributed by atoms with Crippen molar-refractivity contribution in [1.82, 2.24) is 5.32 Å². The Morgan fingerprint density at radius 1 is 1.37 bits per heavy atom. The molecule has 1 aromatic carbocycles. The van der Waals surface area contributed by atoms with Gasteiger partial charge in [0.15, 0.2) is 6.61 Å². The number of rotatable bonds is 5. The van der Waals surface area contributed by atoms with Crippen molar-refractivity contribution in [2.45, 2.75) is 47.1 Å². The van der Waals surface area contributed by atoms with Gasteiger partial charge in [-0.2, -0.15) is 0 Å². The minimum Gasteiger partial charge on any atom is -0.483 e. The number of hydrogen-bond acceptors (Lipinski definition) is 2. The SMILES string of the molecule is CCC(C)NC(=O)COc1cc(C)c(Br)c(C)c1C. The molecule has 0 heterocycles. The molecule has 1 unspecified atom stereocenters. The Labute approximate surface area is 123 Å². The Bertz CT molecular complexity index is 472. The summed E-state index contributed by atoms with van der Waals surface area (Å²) in [6, 6.07) is 2.15. The van der Waals surface area contributed by atoms with Crippen molar-refractivity contribution in [3.05, 3.63) is 27.2 Å². The van der Waals surface area contributed by atoms with Crippen molar-refractivity contribution in [1.29, 1.82) is 0 Å². The van der Waals surface area contributed by atoms with Crippen LogP contribution in [0.5, 0.6) is 5.75 Å². The first kappa shape index (κ1) is 16.0.